The van der Waals surface area contributed by atoms with Crippen LogP contribution in [0.15, 0.2) is 36.4 Å². The Morgan fingerprint density at radius 3 is 1.69 bits per heavy atom. The first-order valence-electron chi connectivity index (χ1n) is 21.2. The highest BCUT2D eigenvalue weighted by Gasteiger charge is 2.46. The number of unbranched alkanes of at least 4 members (excludes halogenated alkanes) is 4. The molecule has 0 bridgehead atoms. The lowest BCUT2D eigenvalue weighted by Gasteiger charge is -2.32. The van der Waals surface area contributed by atoms with Crippen molar-refractivity contribution in [3.8, 4) is 23.6 Å². The SMILES string of the molecule is CCCCC[C@H](O)CC[C@@H]1[C@H]2Cc3cccc(O)c3C[C@H]2C[C@H]1O.CCCCC[C@H](O)CC[C@@H]1[C@H]2Cc3cccc(OCC#N)c3C[C@H]2C[C@H]1O.N#CCCl. The average Bonchev–Trinajstić information content (AvgIpc) is 3.66. The second-order valence-electron chi connectivity index (χ2n) is 16.6. The first kappa shape index (κ1) is 44.9. The normalized spacial score (nSPS) is 26.9. The number of hydrogen-bond acceptors (Lipinski definition) is 8. The molecule has 0 heterocycles. The van der Waals surface area contributed by atoms with Crippen LogP contribution in [0, 0.1) is 58.2 Å². The highest BCUT2D eigenvalue weighted by Crippen LogP contribution is 2.49. The Labute approximate surface area is 335 Å². The zero-order valence-corrected chi connectivity index (χ0v) is 34.1. The second-order valence-corrected chi connectivity index (χ2v) is 16.9. The number of nitrogens with zero attached hydrogens (tertiary/aromatic N) is 2. The highest BCUT2D eigenvalue weighted by molar-refractivity contribution is 6.19. The molecule has 4 aliphatic carbocycles. The van der Waals surface area contributed by atoms with E-state index in [1.165, 1.54) is 42.4 Å². The molecule has 4 aliphatic rings. The van der Waals surface area contributed by atoms with Gasteiger partial charge >= 0.3 is 0 Å². The number of ether oxygens (including phenoxy) is 1. The number of halogens is 1. The van der Waals surface area contributed by atoms with Crippen LogP contribution in [0.2, 0.25) is 0 Å². The van der Waals surface area contributed by atoms with Crippen molar-refractivity contribution >= 4 is 11.6 Å². The van der Waals surface area contributed by atoms with Gasteiger partial charge in [0.2, 0.25) is 0 Å². The van der Waals surface area contributed by atoms with Crippen molar-refractivity contribution in [2.24, 2.45) is 35.5 Å². The van der Waals surface area contributed by atoms with E-state index in [9.17, 15) is 25.5 Å². The van der Waals surface area contributed by atoms with E-state index in [0.29, 0.717) is 35.3 Å². The van der Waals surface area contributed by atoms with Gasteiger partial charge in [-0.15, -0.1) is 11.6 Å². The Balaban J connectivity index is 0.000000224. The van der Waals surface area contributed by atoms with Crippen molar-refractivity contribution < 1.29 is 30.3 Å². The van der Waals surface area contributed by atoms with Crippen LogP contribution >= 0.6 is 11.6 Å². The molecule has 0 unspecified atom stereocenters. The van der Waals surface area contributed by atoms with E-state index < -0.39 is 0 Å². The van der Waals surface area contributed by atoms with Gasteiger partial charge in [0.05, 0.1) is 30.5 Å². The molecule has 10 atom stereocenters. The summed E-state index contributed by atoms with van der Waals surface area (Å²) >= 11 is 4.82. The predicted octanol–water partition coefficient (Wildman–Crippen LogP) is 8.60. The molecule has 2 aromatic carbocycles. The lowest BCUT2D eigenvalue weighted by molar-refractivity contribution is 0.0864. The van der Waals surface area contributed by atoms with Crippen LogP contribution in [0.4, 0.5) is 0 Å². The summed E-state index contributed by atoms with van der Waals surface area (Å²) < 4.78 is 5.62. The molecule has 0 spiro atoms. The van der Waals surface area contributed by atoms with Crippen LogP contribution in [-0.4, -0.2) is 62.4 Å². The maximum Gasteiger partial charge on any atom is 0.174 e. The standard InChI is InChI=1S/C23H33NO3.C21H32O3.C2H2ClN/c1-2-3-4-7-18(25)9-10-19-20-13-16-6-5-8-23(27-12-11-24)21(16)14-17(20)15-22(19)26;1-2-3-4-7-16(22)9-10-17-18-11-14-6-5-8-20(23)19(14)12-15(18)13-21(17)24;3-1-2-4/h5-6,8,17-20,22,25-26H,2-4,7,9-10,12-15H2,1H3;5-6,8,15-18,21-24H,2-4,7,9-13H2,1H3;1H2/t17-,18-,19+,20-,22+;15-,16-,17+,18-,21+;/m00./s1. The van der Waals surface area contributed by atoms with Gasteiger partial charge < -0.3 is 30.3 Å². The van der Waals surface area contributed by atoms with Gasteiger partial charge in [-0.1, -0.05) is 76.6 Å². The molecule has 2 fully saturated rings. The van der Waals surface area contributed by atoms with Gasteiger partial charge in [-0.05, 0) is 147 Å². The molecule has 8 nitrogen and oxygen atoms in total. The summed E-state index contributed by atoms with van der Waals surface area (Å²) in [5.41, 5.74) is 4.86. The average molecular weight is 780 g/mol. The summed E-state index contributed by atoms with van der Waals surface area (Å²) in [4.78, 5) is 0. The van der Waals surface area contributed by atoms with Crippen LogP contribution in [0.1, 0.15) is 126 Å². The Kier molecular flexibility index (Phi) is 19.1. The lowest BCUT2D eigenvalue weighted by Crippen LogP contribution is -2.28. The predicted molar refractivity (Wildman–Crippen MR) is 218 cm³/mol. The van der Waals surface area contributed by atoms with Gasteiger partial charge in [-0.2, -0.15) is 10.5 Å². The van der Waals surface area contributed by atoms with E-state index in [-0.39, 0.29) is 42.8 Å². The molecule has 0 saturated heterocycles. The number of aliphatic hydroxyl groups is 4. The number of nitriles is 2. The van der Waals surface area contributed by atoms with Crippen LogP contribution in [-0.2, 0) is 25.7 Å². The zero-order chi connectivity index (χ0) is 39.7. The van der Waals surface area contributed by atoms with Gasteiger partial charge in [0, 0.05) is 0 Å². The number of phenolic OH excluding ortho intramolecular Hbond substituents is 1. The molecule has 0 amide bonds. The minimum Gasteiger partial charge on any atom is -0.508 e. The zero-order valence-electron chi connectivity index (χ0n) is 33.3. The largest absolute Gasteiger partial charge is 0.508 e. The summed E-state index contributed by atoms with van der Waals surface area (Å²) in [7, 11) is 0. The maximum atomic E-state index is 10.7. The molecule has 55 heavy (non-hydrogen) atoms. The lowest BCUT2D eigenvalue weighted by atomic mass is 9.73. The van der Waals surface area contributed by atoms with Crippen molar-refractivity contribution in [3.05, 3.63) is 58.7 Å². The molecule has 5 N–H and O–H groups in total. The molecule has 0 radical (unpaired) electrons. The molecule has 9 heteroatoms. The number of alkyl halides is 1. The fourth-order valence-corrected chi connectivity index (χ4v) is 10.2. The third kappa shape index (κ3) is 12.8. The third-order valence-electron chi connectivity index (χ3n) is 13.0. The number of hydrogen-bond donors (Lipinski definition) is 5. The van der Waals surface area contributed by atoms with Crippen LogP contribution in [0.5, 0.6) is 11.5 Å². The van der Waals surface area contributed by atoms with E-state index in [1.807, 2.05) is 24.3 Å². The van der Waals surface area contributed by atoms with E-state index in [4.69, 9.17) is 26.9 Å². The van der Waals surface area contributed by atoms with E-state index >= 15 is 0 Å². The number of rotatable bonds is 16. The Morgan fingerprint density at radius 2 is 1.20 bits per heavy atom. The van der Waals surface area contributed by atoms with Crippen LogP contribution < -0.4 is 4.74 Å². The van der Waals surface area contributed by atoms with E-state index in [2.05, 4.69) is 26.0 Å². The minimum absolute atomic E-state index is 0.0751. The fraction of sp³-hybridized carbons (Fsp3) is 0.696. The van der Waals surface area contributed by atoms with Gasteiger partial charge in [0.25, 0.3) is 0 Å². The number of aliphatic hydroxyl groups excluding tert-OH is 4. The highest BCUT2D eigenvalue weighted by atomic mass is 35.5. The summed E-state index contributed by atoms with van der Waals surface area (Å²) in [5, 5.41) is 68.1. The third-order valence-corrected chi connectivity index (χ3v) is 13.1. The number of benzene rings is 2. The Hall–Kier alpha value is -2.85. The van der Waals surface area contributed by atoms with E-state index in [0.717, 1.165) is 101 Å². The quantitative estimate of drug-likeness (QED) is 0.0838. The van der Waals surface area contributed by atoms with Crippen molar-refractivity contribution in [3.63, 3.8) is 0 Å². The minimum atomic E-state index is -0.263. The maximum absolute atomic E-state index is 10.7. The van der Waals surface area contributed by atoms with Gasteiger partial charge in [0.15, 0.2) is 6.61 Å². The summed E-state index contributed by atoms with van der Waals surface area (Å²) in [6, 6.07) is 15.7. The van der Waals surface area contributed by atoms with Gasteiger partial charge in [-0.25, -0.2) is 0 Å². The molecular weight excluding hydrogens is 712 g/mol. The Morgan fingerprint density at radius 1 is 0.709 bits per heavy atom. The molecule has 6 rings (SSSR count). The first-order chi connectivity index (χ1) is 26.6. The Bertz CT molecular complexity index is 1520. The van der Waals surface area contributed by atoms with Crippen molar-refractivity contribution in [2.45, 2.75) is 154 Å². The second kappa shape index (κ2) is 23.4. The van der Waals surface area contributed by atoms with Crippen molar-refractivity contribution in [1.82, 2.24) is 0 Å². The number of aromatic hydroxyl groups is 1. The number of fused-ring (bicyclic) bond motifs is 4. The summed E-state index contributed by atoms with van der Waals surface area (Å²) in [6.07, 6.45) is 16.6. The summed E-state index contributed by atoms with van der Waals surface area (Å²) in [6.45, 7) is 4.44. The molecule has 304 valence electrons. The first-order valence-corrected chi connectivity index (χ1v) is 21.7. The summed E-state index contributed by atoms with van der Waals surface area (Å²) in [5.74, 6) is 3.86. The molecule has 0 aromatic heterocycles. The van der Waals surface area contributed by atoms with E-state index in [1.54, 1.807) is 12.1 Å². The fourth-order valence-electron chi connectivity index (χ4n) is 10.2. The van der Waals surface area contributed by atoms with Crippen LogP contribution in [0.3, 0.4) is 0 Å². The molecule has 2 aromatic rings. The van der Waals surface area contributed by atoms with Crippen molar-refractivity contribution in [1.29, 1.82) is 10.5 Å². The van der Waals surface area contributed by atoms with Gasteiger partial charge in [0.1, 0.15) is 23.4 Å². The van der Waals surface area contributed by atoms with Crippen molar-refractivity contribution in [2.75, 3.05) is 12.5 Å². The molecule has 2 saturated carbocycles. The van der Waals surface area contributed by atoms with Gasteiger partial charge in [-0.3, -0.25) is 0 Å². The molecule has 0 aliphatic heterocycles. The smallest absolute Gasteiger partial charge is 0.174 e. The number of phenols is 1. The van der Waals surface area contributed by atoms with Crippen LogP contribution in [0.25, 0.3) is 0 Å². The molecular formula is C46H67ClN2O6. The topological polar surface area (TPSA) is 158 Å². The monoisotopic (exact) mass is 778 g/mol.